The van der Waals surface area contributed by atoms with Gasteiger partial charge in [0.2, 0.25) is 11.8 Å². The molecule has 1 aromatic carbocycles. The summed E-state index contributed by atoms with van der Waals surface area (Å²) in [7, 11) is 0. The standard InChI is InChI=1S/C15H19ClN2O3/c16-12-3-1-2-4-13(12)21-10-7-14(19)18-8-5-11(6-9-18)15(17)20/h1-4,11H,5-10H2,(H2,17,20). The second-order valence-electron chi connectivity index (χ2n) is 5.09. The molecule has 1 heterocycles. The highest BCUT2D eigenvalue weighted by Crippen LogP contribution is 2.23. The molecule has 0 unspecified atom stereocenters. The predicted molar refractivity (Wildman–Crippen MR) is 80.1 cm³/mol. The first-order valence-electron chi connectivity index (χ1n) is 7.02. The molecule has 1 aliphatic heterocycles. The number of ether oxygens (including phenoxy) is 1. The summed E-state index contributed by atoms with van der Waals surface area (Å²) in [5.74, 6) is 0.238. The van der Waals surface area contributed by atoms with E-state index in [1.165, 1.54) is 0 Å². The summed E-state index contributed by atoms with van der Waals surface area (Å²) < 4.78 is 5.50. The van der Waals surface area contributed by atoms with Gasteiger partial charge in [0.25, 0.3) is 0 Å². The van der Waals surface area contributed by atoms with Gasteiger partial charge in [0.15, 0.2) is 0 Å². The Bertz CT molecular complexity index is 513. The highest BCUT2D eigenvalue weighted by Gasteiger charge is 2.25. The summed E-state index contributed by atoms with van der Waals surface area (Å²) in [6.07, 6.45) is 1.59. The van der Waals surface area contributed by atoms with Crippen LogP contribution < -0.4 is 10.5 Å². The Labute approximate surface area is 129 Å². The smallest absolute Gasteiger partial charge is 0.225 e. The minimum absolute atomic E-state index is 0.0324. The minimum Gasteiger partial charge on any atom is -0.491 e. The molecule has 6 heteroatoms. The normalized spacial score (nSPS) is 15.8. The van der Waals surface area contributed by atoms with E-state index in [-0.39, 0.29) is 24.3 Å². The van der Waals surface area contributed by atoms with Gasteiger partial charge in [-0.1, -0.05) is 23.7 Å². The number of nitrogens with two attached hydrogens (primary N) is 1. The Morgan fingerprint density at radius 1 is 1.29 bits per heavy atom. The number of piperidine rings is 1. The number of carbonyl (C=O) groups is 2. The Morgan fingerprint density at radius 3 is 2.57 bits per heavy atom. The van der Waals surface area contributed by atoms with E-state index in [2.05, 4.69) is 0 Å². The number of rotatable bonds is 5. The van der Waals surface area contributed by atoms with Crippen LogP contribution in [-0.4, -0.2) is 36.4 Å². The van der Waals surface area contributed by atoms with Gasteiger partial charge in [-0.25, -0.2) is 0 Å². The van der Waals surface area contributed by atoms with Crippen LogP contribution in [0, 0.1) is 5.92 Å². The zero-order chi connectivity index (χ0) is 15.2. The highest BCUT2D eigenvalue weighted by molar-refractivity contribution is 6.32. The first-order chi connectivity index (χ1) is 10.1. The molecular weight excluding hydrogens is 292 g/mol. The second kappa shape index (κ2) is 7.31. The van der Waals surface area contributed by atoms with Crippen molar-refractivity contribution in [2.45, 2.75) is 19.3 Å². The summed E-state index contributed by atoms with van der Waals surface area (Å²) >= 11 is 5.97. The van der Waals surface area contributed by atoms with Gasteiger partial charge in [-0.2, -0.15) is 0 Å². The maximum Gasteiger partial charge on any atom is 0.225 e. The van der Waals surface area contributed by atoms with Crippen molar-refractivity contribution in [1.29, 1.82) is 0 Å². The van der Waals surface area contributed by atoms with Gasteiger partial charge >= 0.3 is 0 Å². The Morgan fingerprint density at radius 2 is 1.95 bits per heavy atom. The van der Waals surface area contributed by atoms with Crippen molar-refractivity contribution >= 4 is 23.4 Å². The van der Waals surface area contributed by atoms with Crippen molar-refractivity contribution in [3.05, 3.63) is 29.3 Å². The van der Waals surface area contributed by atoms with Crippen molar-refractivity contribution in [3.63, 3.8) is 0 Å². The van der Waals surface area contributed by atoms with E-state index in [9.17, 15) is 9.59 Å². The monoisotopic (exact) mass is 310 g/mol. The molecule has 0 saturated carbocycles. The molecule has 1 aliphatic rings. The highest BCUT2D eigenvalue weighted by atomic mass is 35.5. The summed E-state index contributed by atoms with van der Waals surface area (Å²) in [6, 6.07) is 7.17. The number of carbonyl (C=O) groups excluding carboxylic acids is 2. The first kappa shape index (κ1) is 15.6. The molecule has 0 atom stereocenters. The SMILES string of the molecule is NC(=O)C1CCN(C(=O)CCOc2ccccc2Cl)CC1. The van der Waals surface area contributed by atoms with Crippen LogP contribution in [0.25, 0.3) is 0 Å². The fourth-order valence-electron chi connectivity index (χ4n) is 2.38. The maximum absolute atomic E-state index is 12.0. The number of primary amides is 1. The van der Waals surface area contributed by atoms with Crippen LogP contribution in [0.4, 0.5) is 0 Å². The molecule has 0 spiro atoms. The average molecular weight is 311 g/mol. The molecule has 2 rings (SSSR count). The van der Waals surface area contributed by atoms with Gasteiger partial charge in [0, 0.05) is 19.0 Å². The second-order valence-corrected chi connectivity index (χ2v) is 5.49. The minimum atomic E-state index is -0.274. The zero-order valence-corrected chi connectivity index (χ0v) is 12.5. The lowest BCUT2D eigenvalue weighted by Gasteiger charge is -2.30. The molecule has 2 amide bonds. The number of hydrogen-bond donors (Lipinski definition) is 1. The number of amides is 2. The van der Waals surface area contributed by atoms with Gasteiger partial charge in [0.1, 0.15) is 5.75 Å². The Hall–Kier alpha value is -1.75. The van der Waals surface area contributed by atoms with Gasteiger partial charge in [-0.15, -0.1) is 0 Å². The van der Waals surface area contributed by atoms with E-state index in [4.69, 9.17) is 22.1 Å². The predicted octanol–water partition coefficient (Wildman–Crippen LogP) is 1.83. The molecule has 0 aromatic heterocycles. The van der Waals surface area contributed by atoms with E-state index < -0.39 is 0 Å². The number of nitrogens with zero attached hydrogens (tertiary/aromatic N) is 1. The quantitative estimate of drug-likeness (QED) is 0.902. The van der Waals surface area contributed by atoms with E-state index in [1.54, 1.807) is 17.0 Å². The first-order valence-corrected chi connectivity index (χ1v) is 7.40. The van der Waals surface area contributed by atoms with Crippen LogP contribution in [0.3, 0.4) is 0 Å². The van der Waals surface area contributed by atoms with Crippen LogP contribution in [0.2, 0.25) is 5.02 Å². The van der Waals surface area contributed by atoms with Crippen LogP contribution >= 0.6 is 11.6 Å². The summed E-state index contributed by atoms with van der Waals surface area (Å²) in [4.78, 5) is 24.9. The van der Waals surface area contributed by atoms with Crippen molar-refractivity contribution in [1.82, 2.24) is 4.90 Å². The van der Waals surface area contributed by atoms with Crippen LogP contribution in [0.5, 0.6) is 5.75 Å². The van der Waals surface area contributed by atoms with Gasteiger partial charge < -0.3 is 15.4 Å². The van der Waals surface area contributed by atoms with Crippen LogP contribution in [0.15, 0.2) is 24.3 Å². The molecule has 1 aromatic rings. The number of halogens is 1. The topological polar surface area (TPSA) is 72.6 Å². The fraction of sp³-hybridized carbons (Fsp3) is 0.467. The van der Waals surface area contributed by atoms with E-state index in [0.29, 0.717) is 43.1 Å². The van der Waals surface area contributed by atoms with E-state index in [1.807, 2.05) is 12.1 Å². The Kier molecular flexibility index (Phi) is 5.44. The molecular formula is C15H19ClN2O3. The molecule has 0 bridgehead atoms. The molecule has 1 fully saturated rings. The molecule has 2 N–H and O–H groups in total. The van der Waals surface area contributed by atoms with Crippen LogP contribution in [0.1, 0.15) is 19.3 Å². The molecule has 21 heavy (non-hydrogen) atoms. The van der Waals surface area contributed by atoms with Crippen molar-refractivity contribution < 1.29 is 14.3 Å². The number of benzene rings is 1. The molecule has 1 saturated heterocycles. The van der Waals surface area contributed by atoms with E-state index >= 15 is 0 Å². The lowest BCUT2D eigenvalue weighted by atomic mass is 9.96. The summed E-state index contributed by atoms with van der Waals surface area (Å²) in [5, 5.41) is 0.534. The van der Waals surface area contributed by atoms with Crippen molar-refractivity contribution in [2.75, 3.05) is 19.7 Å². The summed E-state index contributed by atoms with van der Waals surface area (Å²) in [5.41, 5.74) is 5.27. The van der Waals surface area contributed by atoms with Crippen LogP contribution in [-0.2, 0) is 9.59 Å². The van der Waals surface area contributed by atoms with Crippen molar-refractivity contribution in [3.8, 4) is 5.75 Å². The molecule has 5 nitrogen and oxygen atoms in total. The van der Waals surface area contributed by atoms with Gasteiger partial charge in [0.05, 0.1) is 18.1 Å². The van der Waals surface area contributed by atoms with Crippen molar-refractivity contribution in [2.24, 2.45) is 11.7 Å². The molecule has 114 valence electrons. The number of para-hydroxylation sites is 1. The largest absolute Gasteiger partial charge is 0.491 e. The third kappa shape index (κ3) is 4.36. The van der Waals surface area contributed by atoms with E-state index in [0.717, 1.165) is 0 Å². The maximum atomic E-state index is 12.0. The third-order valence-electron chi connectivity index (χ3n) is 3.66. The zero-order valence-electron chi connectivity index (χ0n) is 11.8. The lowest BCUT2D eigenvalue weighted by Crippen LogP contribution is -2.42. The van der Waals surface area contributed by atoms with Gasteiger partial charge in [-0.05, 0) is 25.0 Å². The average Bonchev–Trinajstić information content (AvgIpc) is 2.49. The molecule has 0 aliphatic carbocycles. The molecule has 0 radical (unpaired) electrons. The fourth-order valence-corrected chi connectivity index (χ4v) is 2.57. The lowest BCUT2D eigenvalue weighted by molar-refractivity contribution is -0.135. The number of hydrogen-bond acceptors (Lipinski definition) is 3. The third-order valence-corrected chi connectivity index (χ3v) is 3.97. The Balaban J connectivity index is 1.73. The summed E-state index contributed by atoms with van der Waals surface area (Å²) in [6.45, 7) is 1.45. The van der Waals surface area contributed by atoms with Gasteiger partial charge in [-0.3, -0.25) is 9.59 Å². The number of likely N-dealkylation sites (tertiary alicyclic amines) is 1.